The normalized spacial score (nSPS) is 24.0. The Morgan fingerprint density at radius 1 is 1.41 bits per heavy atom. The van der Waals surface area contributed by atoms with Crippen LogP contribution in [0.3, 0.4) is 0 Å². The molecule has 3 amide bonds. The molecule has 2 aliphatic rings. The number of carbonyl (C=O) groups excluding carboxylic acids is 2. The van der Waals surface area contributed by atoms with Crippen molar-refractivity contribution in [2.45, 2.75) is 31.4 Å². The molecule has 2 atom stereocenters. The molecule has 2 heterocycles. The molecule has 0 aliphatic carbocycles. The monoisotopic (exact) mass is 303 g/mol. The second-order valence-electron chi connectivity index (χ2n) is 5.77. The summed E-state index contributed by atoms with van der Waals surface area (Å²) in [6.07, 6.45) is 2.62. The Morgan fingerprint density at radius 2 is 2.23 bits per heavy atom. The highest BCUT2D eigenvalue weighted by Gasteiger charge is 2.31. The molecule has 3 rings (SSSR count). The molecule has 0 bridgehead atoms. The molecule has 0 aromatic heterocycles. The lowest BCUT2D eigenvalue weighted by molar-refractivity contribution is -0.120. The summed E-state index contributed by atoms with van der Waals surface area (Å²) in [5, 5.41) is 5.55. The Bertz CT molecular complexity index is 570. The van der Waals surface area contributed by atoms with Gasteiger partial charge in [0.05, 0.1) is 6.10 Å². The van der Waals surface area contributed by atoms with Gasteiger partial charge in [0, 0.05) is 32.3 Å². The predicted octanol–water partition coefficient (Wildman–Crippen LogP) is 1.05. The molecule has 0 spiro atoms. The topological polar surface area (TPSA) is 70.7 Å². The maximum atomic E-state index is 12.3. The van der Waals surface area contributed by atoms with Crippen LogP contribution in [0.2, 0.25) is 0 Å². The molecule has 22 heavy (non-hydrogen) atoms. The Kier molecular flexibility index (Phi) is 4.29. The van der Waals surface area contributed by atoms with Crippen LogP contribution >= 0.6 is 0 Å². The van der Waals surface area contributed by atoms with Crippen LogP contribution in [0.4, 0.5) is 10.5 Å². The number of likely N-dealkylation sites (N-methyl/N-ethyl adjacent to an activating group) is 1. The molecular formula is C16H21N3O3. The fraction of sp³-hybridized carbons (Fsp3) is 0.500. The summed E-state index contributed by atoms with van der Waals surface area (Å²) in [5.74, 6) is -0.0917. The van der Waals surface area contributed by atoms with E-state index < -0.39 is 6.04 Å². The second-order valence-corrected chi connectivity index (χ2v) is 5.77. The lowest BCUT2D eigenvalue weighted by Gasteiger charge is -2.31. The Balaban J connectivity index is 1.58. The standard InChI is InChI=1S/C16H21N3O3/c1-19-14-7-3-2-5-11(14)9-13(15(19)20)18-16(21)17-10-12-6-4-8-22-12/h2-3,5,7,12-13H,4,6,8-10H2,1H3,(H2,17,18,21). The maximum absolute atomic E-state index is 12.3. The third kappa shape index (κ3) is 3.06. The van der Waals surface area contributed by atoms with Crippen LogP contribution in [0.25, 0.3) is 0 Å². The van der Waals surface area contributed by atoms with E-state index in [1.54, 1.807) is 11.9 Å². The molecule has 1 saturated heterocycles. The Morgan fingerprint density at radius 3 is 3.00 bits per heavy atom. The van der Waals surface area contributed by atoms with Crippen LogP contribution in [-0.2, 0) is 16.0 Å². The van der Waals surface area contributed by atoms with Gasteiger partial charge in [-0.05, 0) is 24.5 Å². The first kappa shape index (κ1) is 14.8. The molecule has 118 valence electrons. The minimum absolute atomic E-state index is 0.0917. The minimum atomic E-state index is -0.524. The number of amides is 3. The molecule has 1 aromatic carbocycles. The maximum Gasteiger partial charge on any atom is 0.315 e. The Labute approximate surface area is 129 Å². The van der Waals surface area contributed by atoms with Crippen molar-refractivity contribution in [2.24, 2.45) is 0 Å². The van der Waals surface area contributed by atoms with E-state index >= 15 is 0 Å². The summed E-state index contributed by atoms with van der Waals surface area (Å²) >= 11 is 0. The average Bonchev–Trinajstić information content (AvgIpc) is 3.04. The van der Waals surface area contributed by atoms with Crippen LogP contribution in [0, 0.1) is 0 Å². The van der Waals surface area contributed by atoms with Crippen LogP contribution < -0.4 is 15.5 Å². The van der Waals surface area contributed by atoms with Crippen molar-refractivity contribution in [3.63, 3.8) is 0 Å². The van der Waals surface area contributed by atoms with Gasteiger partial charge in [0.1, 0.15) is 6.04 Å². The SMILES string of the molecule is CN1C(=O)C(NC(=O)NCC2CCCO2)Cc2ccccc21. The molecule has 2 N–H and O–H groups in total. The zero-order valence-electron chi connectivity index (χ0n) is 12.7. The molecular weight excluding hydrogens is 282 g/mol. The van der Waals surface area contributed by atoms with E-state index in [-0.39, 0.29) is 18.0 Å². The summed E-state index contributed by atoms with van der Waals surface area (Å²) in [5.41, 5.74) is 1.97. The molecule has 2 unspecified atom stereocenters. The molecule has 1 aromatic rings. The smallest absolute Gasteiger partial charge is 0.315 e. The predicted molar refractivity (Wildman–Crippen MR) is 82.9 cm³/mol. The van der Waals surface area contributed by atoms with Gasteiger partial charge in [-0.3, -0.25) is 4.79 Å². The Hall–Kier alpha value is -2.08. The lowest BCUT2D eigenvalue weighted by atomic mass is 9.98. The quantitative estimate of drug-likeness (QED) is 0.877. The number of benzene rings is 1. The number of para-hydroxylation sites is 1. The van der Waals surface area contributed by atoms with Crippen LogP contribution in [0.1, 0.15) is 18.4 Å². The first-order valence-corrected chi connectivity index (χ1v) is 7.66. The van der Waals surface area contributed by atoms with Gasteiger partial charge in [-0.15, -0.1) is 0 Å². The van der Waals surface area contributed by atoms with Crippen molar-refractivity contribution < 1.29 is 14.3 Å². The summed E-state index contributed by atoms with van der Waals surface area (Å²) in [4.78, 5) is 25.9. The molecule has 0 radical (unpaired) electrons. The van der Waals surface area contributed by atoms with Crippen molar-refractivity contribution in [1.29, 1.82) is 0 Å². The summed E-state index contributed by atoms with van der Waals surface area (Å²) < 4.78 is 5.46. The molecule has 6 nitrogen and oxygen atoms in total. The van der Waals surface area contributed by atoms with Crippen molar-refractivity contribution in [3.8, 4) is 0 Å². The number of rotatable bonds is 3. The molecule has 2 aliphatic heterocycles. The summed E-state index contributed by atoms with van der Waals surface area (Å²) in [6.45, 7) is 1.25. The number of fused-ring (bicyclic) bond motifs is 1. The van der Waals surface area contributed by atoms with E-state index in [9.17, 15) is 9.59 Å². The highest BCUT2D eigenvalue weighted by atomic mass is 16.5. The lowest BCUT2D eigenvalue weighted by Crippen LogP contribution is -2.54. The summed E-state index contributed by atoms with van der Waals surface area (Å²) in [6, 6.07) is 6.91. The second kappa shape index (κ2) is 6.36. The number of hydrogen-bond donors (Lipinski definition) is 2. The van der Waals surface area contributed by atoms with Gasteiger partial charge in [-0.1, -0.05) is 18.2 Å². The third-order valence-electron chi connectivity index (χ3n) is 4.23. The molecule has 6 heteroatoms. The van der Waals surface area contributed by atoms with E-state index in [4.69, 9.17) is 4.74 Å². The van der Waals surface area contributed by atoms with Crippen molar-refractivity contribution in [1.82, 2.24) is 10.6 Å². The van der Waals surface area contributed by atoms with E-state index in [2.05, 4.69) is 10.6 Å². The number of nitrogens with zero attached hydrogens (tertiary/aromatic N) is 1. The largest absolute Gasteiger partial charge is 0.376 e. The number of ether oxygens (including phenoxy) is 1. The highest BCUT2D eigenvalue weighted by molar-refractivity contribution is 6.01. The van der Waals surface area contributed by atoms with Crippen molar-refractivity contribution >= 4 is 17.6 Å². The van der Waals surface area contributed by atoms with E-state index in [1.807, 2.05) is 24.3 Å². The highest BCUT2D eigenvalue weighted by Crippen LogP contribution is 2.26. The van der Waals surface area contributed by atoms with E-state index in [1.165, 1.54) is 0 Å². The van der Waals surface area contributed by atoms with Crippen LogP contribution in [-0.4, -0.2) is 44.3 Å². The zero-order valence-corrected chi connectivity index (χ0v) is 12.7. The van der Waals surface area contributed by atoms with E-state index in [0.29, 0.717) is 13.0 Å². The van der Waals surface area contributed by atoms with Crippen LogP contribution in [0.5, 0.6) is 0 Å². The van der Waals surface area contributed by atoms with Crippen molar-refractivity contribution in [3.05, 3.63) is 29.8 Å². The zero-order chi connectivity index (χ0) is 15.5. The number of carbonyl (C=O) groups is 2. The van der Waals surface area contributed by atoms with Gasteiger partial charge in [0.15, 0.2) is 0 Å². The van der Waals surface area contributed by atoms with Gasteiger partial charge in [0.25, 0.3) is 0 Å². The number of urea groups is 1. The number of nitrogens with one attached hydrogen (secondary N) is 2. The summed E-state index contributed by atoms with van der Waals surface area (Å²) in [7, 11) is 1.74. The fourth-order valence-corrected chi connectivity index (χ4v) is 3.00. The first-order valence-electron chi connectivity index (χ1n) is 7.66. The van der Waals surface area contributed by atoms with Crippen LogP contribution in [0.15, 0.2) is 24.3 Å². The third-order valence-corrected chi connectivity index (χ3v) is 4.23. The van der Waals surface area contributed by atoms with Gasteiger partial charge < -0.3 is 20.3 Å². The van der Waals surface area contributed by atoms with Gasteiger partial charge >= 0.3 is 6.03 Å². The minimum Gasteiger partial charge on any atom is -0.376 e. The average molecular weight is 303 g/mol. The molecule has 0 saturated carbocycles. The first-order chi connectivity index (χ1) is 10.6. The van der Waals surface area contributed by atoms with Crippen molar-refractivity contribution in [2.75, 3.05) is 25.1 Å². The van der Waals surface area contributed by atoms with Gasteiger partial charge in [0.2, 0.25) is 5.91 Å². The number of hydrogen-bond acceptors (Lipinski definition) is 3. The molecule has 1 fully saturated rings. The van der Waals surface area contributed by atoms with E-state index in [0.717, 1.165) is 30.7 Å². The van der Waals surface area contributed by atoms with Gasteiger partial charge in [-0.25, -0.2) is 4.79 Å². The van der Waals surface area contributed by atoms with Gasteiger partial charge in [-0.2, -0.15) is 0 Å². The number of anilines is 1. The fourth-order valence-electron chi connectivity index (χ4n) is 3.00.